The van der Waals surface area contributed by atoms with Crippen LogP contribution in [0.3, 0.4) is 0 Å². The number of hydrogen-bond acceptors (Lipinski definition) is 5. The maximum atomic E-state index is 14.0. The molecule has 1 N–H and O–H groups in total. The van der Waals surface area contributed by atoms with Crippen molar-refractivity contribution in [3.63, 3.8) is 0 Å². The molecule has 2 rings (SSSR count). The molecular weight excluding hydrogens is 335 g/mol. The number of rotatable bonds is 7. The molecule has 0 saturated carbocycles. The molecule has 6 nitrogen and oxygen atoms in total. The summed E-state index contributed by atoms with van der Waals surface area (Å²) >= 11 is 0. The highest BCUT2D eigenvalue weighted by molar-refractivity contribution is 7.89. The van der Waals surface area contributed by atoms with Crippen LogP contribution in [0.25, 0.3) is 11.5 Å². The summed E-state index contributed by atoms with van der Waals surface area (Å²) in [6.45, 7) is 1.51. The van der Waals surface area contributed by atoms with Crippen molar-refractivity contribution in [3.8, 4) is 11.5 Å². The van der Waals surface area contributed by atoms with Gasteiger partial charge < -0.3 is 4.42 Å². The van der Waals surface area contributed by atoms with E-state index in [4.69, 9.17) is 4.42 Å². The molecule has 1 heterocycles. The molecule has 1 aromatic carbocycles. The molecule has 0 aliphatic rings. The molecule has 0 radical (unpaired) electrons. The number of sulfonamides is 1. The second kappa shape index (κ2) is 7.09. The van der Waals surface area contributed by atoms with E-state index in [0.717, 1.165) is 6.07 Å². The smallest absolute Gasteiger partial charge is 0.314 e. The zero-order valence-corrected chi connectivity index (χ0v) is 12.9. The van der Waals surface area contributed by atoms with Gasteiger partial charge in [0.15, 0.2) is 0 Å². The molecule has 0 fully saturated rings. The lowest BCUT2D eigenvalue weighted by molar-refractivity contribution is 0.116. The zero-order valence-electron chi connectivity index (χ0n) is 12.1. The lowest BCUT2D eigenvalue weighted by atomic mass is 10.1. The highest BCUT2D eigenvalue weighted by Crippen LogP contribution is 2.24. The van der Waals surface area contributed by atoms with E-state index >= 15 is 0 Å². The number of benzene rings is 1. The SMILES string of the molecule is CCCS(=O)(=O)NCc1ccc(-c2nnc(C(F)F)o2)cc1F. The summed E-state index contributed by atoms with van der Waals surface area (Å²) in [5.74, 6) is -1.85. The first-order valence-corrected chi connectivity index (χ1v) is 8.35. The van der Waals surface area contributed by atoms with E-state index in [-0.39, 0.29) is 29.3 Å². The molecule has 0 amide bonds. The second-order valence-corrected chi connectivity index (χ2v) is 6.62. The fraction of sp³-hybridized carbons (Fsp3) is 0.385. The Kier molecular flexibility index (Phi) is 5.37. The third-order valence-electron chi connectivity index (χ3n) is 2.88. The average molecular weight is 349 g/mol. The molecule has 0 saturated heterocycles. The van der Waals surface area contributed by atoms with Crippen LogP contribution in [0.2, 0.25) is 0 Å². The van der Waals surface area contributed by atoms with Crippen LogP contribution in [0.15, 0.2) is 22.6 Å². The van der Waals surface area contributed by atoms with Crippen molar-refractivity contribution in [2.75, 3.05) is 5.75 Å². The zero-order chi connectivity index (χ0) is 17.0. The van der Waals surface area contributed by atoms with Gasteiger partial charge in [0.05, 0.1) is 5.75 Å². The van der Waals surface area contributed by atoms with Gasteiger partial charge in [-0.15, -0.1) is 10.2 Å². The molecule has 10 heteroatoms. The first kappa shape index (κ1) is 17.4. The van der Waals surface area contributed by atoms with Gasteiger partial charge in [-0.3, -0.25) is 0 Å². The van der Waals surface area contributed by atoms with E-state index < -0.39 is 28.2 Å². The molecule has 0 spiro atoms. The predicted molar refractivity (Wildman–Crippen MR) is 75.6 cm³/mol. The van der Waals surface area contributed by atoms with E-state index in [9.17, 15) is 21.6 Å². The lowest BCUT2D eigenvalue weighted by Gasteiger charge is -2.07. The predicted octanol–water partition coefficient (Wildman–Crippen LogP) is 2.64. The molecule has 0 unspecified atom stereocenters. The Morgan fingerprint density at radius 3 is 2.61 bits per heavy atom. The van der Waals surface area contributed by atoms with E-state index in [2.05, 4.69) is 14.9 Å². The lowest BCUT2D eigenvalue weighted by Crippen LogP contribution is -2.26. The Morgan fingerprint density at radius 2 is 2.04 bits per heavy atom. The van der Waals surface area contributed by atoms with Crippen LogP contribution in [-0.4, -0.2) is 24.4 Å². The van der Waals surface area contributed by atoms with Crippen LogP contribution in [0.4, 0.5) is 13.2 Å². The third kappa shape index (κ3) is 4.52. The highest BCUT2D eigenvalue weighted by Gasteiger charge is 2.18. The van der Waals surface area contributed by atoms with E-state index in [1.165, 1.54) is 12.1 Å². The molecule has 0 atom stereocenters. The van der Waals surface area contributed by atoms with Gasteiger partial charge in [0.2, 0.25) is 15.9 Å². The van der Waals surface area contributed by atoms with Crippen LogP contribution in [0.1, 0.15) is 31.2 Å². The summed E-state index contributed by atoms with van der Waals surface area (Å²) in [6.07, 6.45) is -2.46. The van der Waals surface area contributed by atoms with Crippen molar-refractivity contribution in [1.29, 1.82) is 0 Å². The summed E-state index contributed by atoms with van der Waals surface area (Å²) in [7, 11) is -3.46. The number of halogens is 3. The number of hydrogen-bond donors (Lipinski definition) is 1. The summed E-state index contributed by atoms with van der Waals surface area (Å²) in [5.41, 5.74) is 0.240. The molecule has 2 aromatic rings. The van der Waals surface area contributed by atoms with Gasteiger partial charge in [-0.2, -0.15) is 8.78 Å². The number of nitrogens with one attached hydrogen (secondary N) is 1. The van der Waals surface area contributed by atoms with Crippen LogP contribution < -0.4 is 4.72 Å². The van der Waals surface area contributed by atoms with Gasteiger partial charge in [0.1, 0.15) is 5.82 Å². The van der Waals surface area contributed by atoms with Crippen molar-refractivity contribution in [2.45, 2.75) is 26.3 Å². The van der Waals surface area contributed by atoms with Gasteiger partial charge in [0.25, 0.3) is 5.89 Å². The molecule has 0 aliphatic carbocycles. The minimum absolute atomic E-state index is 0.0505. The normalized spacial score (nSPS) is 12.0. The van der Waals surface area contributed by atoms with Gasteiger partial charge >= 0.3 is 6.43 Å². The fourth-order valence-electron chi connectivity index (χ4n) is 1.79. The standard InChI is InChI=1S/C13H14F3N3O3S/c1-2-5-23(20,21)17-7-9-4-3-8(6-10(9)14)12-18-19-13(22-12)11(15)16/h3-4,6,11,17H,2,5,7H2,1H3. The minimum Gasteiger partial charge on any atom is -0.415 e. The van der Waals surface area contributed by atoms with E-state index in [1.54, 1.807) is 6.92 Å². The Morgan fingerprint density at radius 1 is 1.30 bits per heavy atom. The molecule has 1 aromatic heterocycles. The first-order chi connectivity index (χ1) is 10.8. The summed E-state index contributed by atoms with van der Waals surface area (Å²) in [5, 5.41) is 6.57. The fourth-order valence-corrected chi connectivity index (χ4v) is 2.85. The first-order valence-electron chi connectivity index (χ1n) is 6.70. The highest BCUT2D eigenvalue weighted by atomic mass is 32.2. The number of alkyl halides is 2. The Labute approximate surface area is 130 Å². The Bertz CT molecular complexity index is 778. The largest absolute Gasteiger partial charge is 0.415 e. The monoisotopic (exact) mass is 349 g/mol. The molecule has 126 valence electrons. The average Bonchev–Trinajstić information content (AvgIpc) is 2.96. The molecule has 23 heavy (non-hydrogen) atoms. The topological polar surface area (TPSA) is 85.1 Å². The van der Waals surface area contributed by atoms with E-state index in [1.807, 2.05) is 0 Å². The maximum absolute atomic E-state index is 14.0. The molecular formula is C13H14F3N3O3S. The molecule has 0 bridgehead atoms. The summed E-state index contributed by atoms with van der Waals surface area (Å²) < 4.78 is 68.8. The van der Waals surface area contributed by atoms with Crippen LogP contribution in [0, 0.1) is 5.82 Å². The molecule has 0 aliphatic heterocycles. The maximum Gasteiger partial charge on any atom is 0.314 e. The third-order valence-corrected chi connectivity index (χ3v) is 4.41. The van der Waals surface area contributed by atoms with Gasteiger partial charge in [-0.1, -0.05) is 13.0 Å². The summed E-state index contributed by atoms with van der Waals surface area (Å²) in [4.78, 5) is 0. The van der Waals surface area contributed by atoms with Crippen LogP contribution in [0.5, 0.6) is 0 Å². The van der Waals surface area contributed by atoms with Gasteiger partial charge in [0, 0.05) is 17.7 Å². The number of aromatic nitrogens is 2. The second-order valence-electron chi connectivity index (χ2n) is 4.69. The Balaban J connectivity index is 2.14. The van der Waals surface area contributed by atoms with Crippen LogP contribution in [-0.2, 0) is 16.6 Å². The van der Waals surface area contributed by atoms with Gasteiger partial charge in [-0.25, -0.2) is 17.5 Å². The van der Waals surface area contributed by atoms with Gasteiger partial charge in [-0.05, 0) is 18.6 Å². The minimum atomic E-state index is -3.46. The van der Waals surface area contributed by atoms with E-state index in [0.29, 0.717) is 6.42 Å². The van der Waals surface area contributed by atoms with Crippen molar-refractivity contribution in [2.24, 2.45) is 0 Å². The van der Waals surface area contributed by atoms with Crippen molar-refractivity contribution < 1.29 is 26.0 Å². The number of nitrogens with zero attached hydrogens (tertiary/aromatic N) is 2. The van der Waals surface area contributed by atoms with Crippen molar-refractivity contribution in [3.05, 3.63) is 35.5 Å². The van der Waals surface area contributed by atoms with Crippen molar-refractivity contribution >= 4 is 10.0 Å². The van der Waals surface area contributed by atoms with Crippen LogP contribution >= 0.6 is 0 Å². The quantitative estimate of drug-likeness (QED) is 0.831. The Hall–Kier alpha value is -1.94. The van der Waals surface area contributed by atoms with Crippen molar-refractivity contribution in [1.82, 2.24) is 14.9 Å². The summed E-state index contributed by atoms with van der Waals surface area (Å²) in [6, 6.07) is 3.73.